The SMILES string of the molecule is CC(N)c1cc(F)cc2c1O[C@@](C)(CN=[N+]=[N-])C2. The highest BCUT2D eigenvalue weighted by Gasteiger charge is 2.36. The Bertz CT molecular complexity index is 525. The third-order valence-electron chi connectivity index (χ3n) is 3.03. The normalized spacial score (nSPS) is 22.9. The maximum absolute atomic E-state index is 13.5. The zero-order valence-corrected chi connectivity index (χ0v) is 10.4. The van der Waals surface area contributed by atoms with Crippen LogP contribution in [0.1, 0.15) is 31.0 Å². The zero-order valence-electron chi connectivity index (χ0n) is 10.4. The van der Waals surface area contributed by atoms with Gasteiger partial charge < -0.3 is 10.5 Å². The van der Waals surface area contributed by atoms with Crippen LogP contribution in [0.5, 0.6) is 5.75 Å². The molecule has 96 valence electrons. The molecule has 0 saturated carbocycles. The summed E-state index contributed by atoms with van der Waals surface area (Å²) < 4.78 is 19.3. The van der Waals surface area contributed by atoms with Crippen LogP contribution in [0.2, 0.25) is 0 Å². The largest absolute Gasteiger partial charge is 0.486 e. The lowest BCUT2D eigenvalue weighted by Crippen LogP contribution is -2.33. The van der Waals surface area contributed by atoms with Gasteiger partial charge in [-0.15, -0.1) is 0 Å². The molecule has 1 heterocycles. The summed E-state index contributed by atoms with van der Waals surface area (Å²) in [6.45, 7) is 3.82. The number of azide groups is 1. The summed E-state index contributed by atoms with van der Waals surface area (Å²) in [5, 5.41) is 3.54. The van der Waals surface area contributed by atoms with Crippen LogP contribution in [0, 0.1) is 5.82 Å². The molecule has 6 heteroatoms. The summed E-state index contributed by atoms with van der Waals surface area (Å²) in [4.78, 5) is 2.73. The Labute approximate surface area is 104 Å². The summed E-state index contributed by atoms with van der Waals surface area (Å²) >= 11 is 0. The molecule has 0 amide bonds. The van der Waals surface area contributed by atoms with Gasteiger partial charge in [0.2, 0.25) is 0 Å². The van der Waals surface area contributed by atoms with Crippen LogP contribution >= 0.6 is 0 Å². The van der Waals surface area contributed by atoms with Crippen molar-refractivity contribution in [3.63, 3.8) is 0 Å². The minimum absolute atomic E-state index is 0.207. The quantitative estimate of drug-likeness (QED) is 0.508. The Hall–Kier alpha value is -1.78. The van der Waals surface area contributed by atoms with Gasteiger partial charge in [0.05, 0.1) is 6.54 Å². The van der Waals surface area contributed by atoms with Crippen molar-refractivity contribution in [1.29, 1.82) is 0 Å². The zero-order chi connectivity index (χ0) is 13.3. The number of halogens is 1. The number of hydrogen-bond donors (Lipinski definition) is 1. The van der Waals surface area contributed by atoms with Crippen LogP contribution in [0.3, 0.4) is 0 Å². The summed E-state index contributed by atoms with van der Waals surface area (Å²) in [5.41, 5.74) is 15.0. The van der Waals surface area contributed by atoms with Gasteiger partial charge in [-0.2, -0.15) is 0 Å². The first-order valence-corrected chi connectivity index (χ1v) is 5.73. The molecule has 1 aromatic rings. The first kappa shape index (κ1) is 12.7. The van der Waals surface area contributed by atoms with E-state index in [1.54, 1.807) is 6.92 Å². The van der Waals surface area contributed by atoms with Crippen molar-refractivity contribution >= 4 is 0 Å². The smallest absolute Gasteiger partial charge is 0.128 e. The number of nitrogens with two attached hydrogens (primary N) is 1. The molecular formula is C12H15FN4O. The van der Waals surface area contributed by atoms with Gasteiger partial charge in [-0.1, -0.05) is 5.11 Å². The maximum atomic E-state index is 13.5. The summed E-state index contributed by atoms with van der Waals surface area (Å²) in [6.07, 6.45) is 0.513. The van der Waals surface area contributed by atoms with Crippen molar-refractivity contribution in [3.05, 3.63) is 39.5 Å². The van der Waals surface area contributed by atoms with Crippen LogP contribution < -0.4 is 10.5 Å². The Balaban J connectivity index is 2.39. The van der Waals surface area contributed by atoms with Crippen molar-refractivity contribution in [3.8, 4) is 5.75 Å². The van der Waals surface area contributed by atoms with E-state index in [2.05, 4.69) is 10.0 Å². The van der Waals surface area contributed by atoms with E-state index in [0.29, 0.717) is 17.7 Å². The molecule has 0 fully saturated rings. The van der Waals surface area contributed by atoms with Crippen LogP contribution in [0.4, 0.5) is 4.39 Å². The first-order chi connectivity index (χ1) is 8.45. The first-order valence-electron chi connectivity index (χ1n) is 5.73. The van der Waals surface area contributed by atoms with E-state index >= 15 is 0 Å². The number of ether oxygens (including phenoxy) is 1. The van der Waals surface area contributed by atoms with Gasteiger partial charge in [0.1, 0.15) is 17.2 Å². The Kier molecular flexibility index (Phi) is 3.15. The van der Waals surface area contributed by atoms with E-state index in [1.165, 1.54) is 12.1 Å². The van der Waals surface area contributed by atoms with E-state index in [-0.39, 0.29) is 18.4 Å². The van der Waals surface area contributed by atoms with Gasteiger partial charge in [-0.05, 0) is 31.5 Å². The van der Waals surface area contributed by atoms with Gasteiger partial charge in [0.25, 0.3) is 0 Å². The van der Waals surface area contributed by atoms with Gasteiger partial charge in [-0.25, -0.2) is 4.39 Å². The average Bonchev–Trinajstić information content (AvgIpc) is 2.62. The fourth-order valence-corrected chi connectivity index (χ4v) is 2.22. The summed E-state index contributed by atoms with van der Waals surface area (Å²) in [6, 6.07) is 2.53. The van der Waals surface area contributed by atoms with Crippen LogP contribution in [0.15, 0.2) is 17.2 Å². The summed E-state index contributed by atoms with van der Waals surface area (Å²) in [5.74, 6) is 0.305. The van der Waals surface area contributed by atoms with Crippen molar-refractivity contribution in [2.45, 2.75) is 31.9 Å². The number of nitrogens with zero attached hydrogens (tertiary/aromatic N) is 3. The number of benzene rings is 1. The third-order valence-corrected chi connectivity index (χ3v) is 3.03. The van der Waals surface area contributed by atoms with Gasteiger partial charge in [0, 0.05) is 28.5 Å². The number of fused-ring (bicyclic) bond motifs is 1. The van der Waals surface area contributed by atoms with Gasteiger partial charge in [0.15, 0.2) is 0 Å². The van der Waals surface area contributed by atoms with Crippen molar-refractivity contribution in [2.24, 2.45) is 10.8 Å². The maximum Gasteiger partial charge on any atom is 0.128 e. The highest BCUT2D eigenvalue weighted by Crippen LogP contribution is 2.40. The molecule has 0 saturated heterocycles. The van der Waals surface area contributed by atoms with Crippen LogP contribution in [-0.2, 0) is 6.42 Å². The molecule has 0 bridgehead atoms. The molecular weight excluding hydrogens is 235 g/mol. The Morgan fingerprint density at radius 1 is 1.67 bits per heavy atom. The minimum Gasteiger partial charge on any atom is -0.486 e. The molecule has 1 aliphatic rings. The molecule has 1 unspecified atom stereocenters. The van der Waals surface area contributed by atoms with E-state index in [9.17, 15) is 4.39 Å². The topological polar surface area (TPSA) is 84.0 Å². The average molecular weight is 250 g/mol. The molecule has 1 aromatic carbocycles. The lowest BCUT2D eigenvalue weighted by molar-refractivity contribution is 0.124. The molecule has 18 heavy (non-hydrogen) atoms. The lowest BCUT2D eigenvalue weighted by atomic mass is 9.97. The van der Waals surface area contributed by atoms with E-state index in [4.69, 9.17) is 16.0 Å². The third kappa shape index (κ3) is 2.25. The number of hydrogen-bond acceptors (Lipinski definition) is 3. The highest BCUT2D eigenvalue weighted by atomic mass is 19.1. The van der Waals surface area contributed by atoms with Crippen LogP contribution in [-0.4, -0.2) is 12.1 Å². The molecule has 0 radical (unpaired) electrons. The van der Waals surface area contributed by atoms with E-state index in [1.807, 2.05) is 6.92 Å². The minimum atomic E-state index is -0.619. The van der Waals surface area contributed by atoms with E-state index < -0.39 is 5.60 Å². The monoisotopic (exact) mass is 250 g/mol. The predicted molar refractivity (Wildman–Crippen MR) is 65.8 cm³/mol. The standard InChI is InChI=1S/C12H15FN4O/c1-7(14)10-4-9(13)3-8-5-12(2,6-16-17-15)18-11(8)10/h3-4,7H,5-6,14H2,1-2H3/t7?,12-/m1/s1. The Morgan fingerprint density at radius 2 is 2.39 bits per heavy atom. The second-order valence-corrected chi connectivity index (χ2v) is 4.89. The lowest BCUT2D eigenvalue weighted by Gasteiger charge is -2.22. The van der Waals surface area contributed by atoms with Crippen molar-refractivity contribution in [1.82, 2.24) is 0 Å². The summed E-state index contributed by atoms with van der Waals surface area (Å²) in [7, 11) is 0. The molecule has 0 aromatic heterocycles. The molecule has 2 rings (SSSR count). The van der Waals surface area contributed by atoms with E-state index in [0.717, 1.165) is 5.56 Å². The second kappa shape index (κ2) is 4.48. The van der Waals surface area contributed by atoms with Crippen molar-refractivity contribution < 1.29 is 9.13 Å². The molecule has 5 nitrogen and oxygen atoms in total. The highest BCUT2D eigenvalue weighted by molar-refractivity contribution is 5.47. The Morgan fingerprint density at radius 3 is 3.00 bits per heavy atom. The predicted octanol–water partition coefficient (Wildman–Crippen LogP) is 2.85. The molecule has 0 spiro atoms. The molecule has 0 aliphatic carbocycles. The van der Waals surface area contributed by atoms with Gasteiger partial charge in [-0.3, -0.25) is 0 Å². The number of rotatable bonds is 3. The fraction of sp³-hybridized carbons (Fsp3) is 0.500. The fourth-order valence-electron chi connectivity index (χ4n) is 2.22. The molecule has 1 aliphatic heterocycles. The van der Waals surface area contributed by atoms with Crippen LogP contribution in [0.25, 0.3) is 10.4 Å². The molecule has 2 atom stereocenters. The van der Waals surface area contributed by atoms with Crippen molar-refractivity contribution in [2.75, 3.05) is 6.54 Å². The second-order valence-electron chi connectivity index (χ2n) is 4.89. The molecule has 2 N–H and O–H groups in total. The van der Waals surface area contributed by atoms with Gasteiger partial charge >= 0.3 is 0 Å².